The number of hydrogen-bond donors (Lipinski definition) is 2. The molecule has 0 spiro atoms. The van der Waals surface area contributed by atoms with Crippen molar-refractivity contribution in [3.05, 3.63) is 16.4 Å². The Labute approximate surface area is 113 Å². The average Bonchev–Trinajstić information content (AvgIpc) is 2.97. The number of halogens is 1. The Bertz CT molecular complexity index is 401. The molecule has 0 aliphatic carbocycles. The Balaban J connectivity index is 2.13. The summed E-state index contributed by atoms with van der Waals surface area (Å²) in [6.07, 6.45) is 2.68. The van der Waals surface area contributed by atoms with E-state index in [0.717, 1.165) is 48.9 Å². The molecule has 2 heterocycles. The molecule has 0 amide bonds. The number of nitrogens with one attached hydrogen (secondary N) is 1. The first-order chi connectivity index (χ1) is 8.67. The van der Waals surface area contributed by atoms with Crippen LogP contribution in [-0.4, -0.2) is 29.0 Å². The largest absolute Gasteiger partial charge is 0.381 e. The van der Waals surface area contributed by atoms with Crippen LogP contribution in [0.1, 0.15) is 24.7 Å². The molecule has 3 N–H and O–H groups in total. The number of ether oxygens (including phenoxy) is 1. The van der Waals surface area contributed by atoms with Crippen LogP contribution in [-0.2, 0) is 24.6 Å². The summed E-state index contributed by atoms with van der Waals surface area (Å²) < 4.78 is 7.28. The fourth-order valence-electron chi connectivity index (χ4n) is 2.48. The van der Waals surface area contributed by atoms with E-state index in [1.165, 1.54) is 0 Å². The lowest BCUT2D eigenvalue weighted by Crippen LogP contribution is -2.43. The van der Waals surface area contributed by atoms with Gasteiger partial charge in [0.25, 0.3) is 0 Å². The predicted octanol–water partition coefficient (Wildman–Crippen LogP) is 1.05. The number of aromatic nitrogens is 2. The van der Waals surface area contributed by atoms with Crippen molar-refractivity contribution in [2.45, 2.75) is 32.2 Å². The monoisotopic (exact) mass is 272 g/mol. The predicted molar refractivity (Wildman–Crippen MR) is 71.3 cm³/mol. The maximum atomic E-state index is 6.35. The third kappa shape index (κ3) is 2.69. The molecule has 2 unspecified atom stereocenters. The van der Waals surface area contributed by atoms with Gasteiger partial charge in [-0.1, -0.05) is 18.5 Å². The van der Waals surface area contributed by atoms with Gasteiger partial charge in [-0.25, -0.2) is 0 Å². The highest BCUT2D eigenvalue weighted by Gasteiger charge is 2.27. The summed E-state index contributed by atoms with van der Waals surface area (Å²) in [6.45, 7) is 3.65. The van der Waals surface area contributed by atoms with Crippen molar-refractivity contribution >= 4 is 11.6 Å². The molecular formula is C12H21ClN4O. The van der Waals surface area contributed by atoms with E-state index in [9.17, 15) is 0 Å². The maximum Gasteiger partial charge on any atom is 0.0850 e. The van der Waals surface area contributed by atoms with Gasteiger partial charge in [0.15, 0.2) is 0 Å². The second-order valence-electron chi connectivity index (χ2n) is 4.79. The molecule has 6 heteroatoms. The van der Waals surface area contributed by atoms with E-state index < -0.39 is 0 Å². The molecule has 18 heavy (non-hydrogen) atoms. The molecule has 1 saturated heterocycles. The number of hydrazine groups is 1. The zero-order valence-electron chi connectivity index (χ0n) is 10.9. The van der Waals surface area contributed by atoms with Gasteiger partial charge in [-0.05, 0) is 12.8 Å². The number of aryl methyl sites for hydroxylation is 2. The van der Waals surface area contributed by atoms with Crippen LogP contribution in [0.5, 0.6) is 0 Å². The van der Waals surface area contributed by atoms with Gasteiger partial charge in [0.2, 0.25) is 0 Å². The van der Waals surface area contributed by atoms with E-state index in [1.807, 2.05) is 11.7 Å². The van der Waals surface area contributed by atoms with Gasteiger partial charge in [-0.15, -0.1) is 0 Å². The van der Waals surface area contributed by atoms with E-state index in [4.69, 9.17) is 22.2 Å². The normalized spacial score (nSPS) is 21.4. The lowest BCUT2D eigenvalue weighted by Gasteiger charge is -2.21. The highest BCUT2D eigenvalue weighted by Crippen LogP contribution is 2.25. The minimum atomic E-state index is 0.185. The van der Waals surface area contributed by atoms with E-state index in [0.29, 0.717) is 5.92 Å². The molecule has 5 nitrogen and oxygen atoms in total. The van der Waals surface area contributed by atoms with Gasteiger partial charge in [0.1, 0.15) is 0 Å². The van der Waals surface area contributed by atoms with Gasteiger partial charge in [-0.2, -0.15) is 5.10 Å². The summed E-state index contributed by atoms with van der Waals surface area (Å²) in [5.41, 5.74) is 4.89. The number of nitrogens with zero attached hydrogens (tertiary/aromatic N) is 2. The van der Waals surface area contributed by atoms with Crippen LogP contribution in [0, 0.1) is 5.92 Å². The van der Waals surface area contributed by atoms with E-state index in [1.54, 1.807) is 0 Å². The number of hydrogen-bond acceptors (Lipinski definition) is 4. The molecular weight excluding hydrogens is 252 g/mol. The van der Waals surface area contributed by atoms with E-state index >= 15 is 0 Å². The fourth-order valence-corrected chi connectivity index (χ4v) is 2.85. The third-order valence-corrected chi connectivity index (χ3v) is 4.10. The van der Waals surface area contributed by atoms with Crippen LogP contribution in [0.25, 0.3) is 0 Å². The molecule has 102 valence electrons. The minimum Gasteiger partial charge on any atom is -0.381 e. The summed E-state index contributed by atoms with van der Waals surface area (Å²) in [7, 11) is 1.93. The Morgan fingerprint density at radius 2 is 2.44 bits per heavy atom. The van der Waals surface area contributed by atoms with Crippen molar-refractivity contribution in [2.75, 3.05) is 13.2 Å². The number of nitrogens with two attached hydrogens (primary N) is 1. The van der Waals surface area contributed by atoms with Gasteiger partial charge in [0, 0.05) is 32.0 Å². The first-order valence-corrected chi connectivity index (χ1v) is 6.79. The smallest absolute Gasteiger partial charge is 0.0850 e. The standard InChI is InChI=1S/C12H21ClN4O/c1-3-9-12(13)11(17(2)16-9)6-10(15-14)8-4-5-18-7-8/h8,10,15H,3-7,14H2,1-2H3. The average molecular weight is 273 g/mol. The molecule has 2 atom stereocenters. The highest BCUT2D eigenvalue weighted by molar-refractivity contribution is 6.31. The van der Waals surface area contributed by atoms with Crippen LogP contribution in [0.4, 0.5) is 0 Å². The second kappa shape index (κ2) is 6.02. The Kier molecular flexibility index (Phi) is 4.61. The van der Waals surface area contributed by atoms with Gasteiger partial charge in [-0.3, -0.25) is 16.0 Å². The summed E-state index contributed by atoms with van der Waals surface area (Å²) in [5, 5.41) is 5.20. The minimum absolute atomic E-state index is 0.185. The SMILES string of the molecule is CCc1nn(C)c(CC(NN)C2CCOC2)c1Cl. The van der Waals surface area contributed by atoms with Crippen molar-refractivity contribution in [3.63, 3.8) is 0 Å². The lowest BCUT2D eigenvalue weighted by molar-refractivity contribution is 0.176. The molecule has 0 aromatic carbocycles. The number of rotatable bonds is 5. The molecule has 0 bridgehead atoms. The topological polar surface area (TPSA) is 65.1 Å². The molecule has 2 rings (SSSR count). The van der Waals surface area contributed by atoms with Crippen LogP contribution < -0.4 is 11.3 Å². The maximum absolute atomic E-state index is 6.35. The molecule has 0 radical (unpaired) electrons. The molecule has 1 aromatic rings. The molecule has 1 aliphatic heterocycles. The zero-order valence-corrected chi connectivity index (χ0v) is 11.7. The Hall–Kier alpha value is -0.620. The van der Waals surface area contributed by atoms with Crippen LogP contribution in [0.2, 0.25) is 5.02 Å². The zero-order chi connectivity index (χ0) is 13.1. The van der Waals surface area contributed by atoms with Gasteiger partial charge >= 0.3 is 0 Å². The summed E-state index contributed by atoms with van der Waals surface area (Å²) in [6, 6.07) is 0.185. The van der Waals surface area contributed by atoms with Crippen molar-refractivity contribution in [3.8, 4) is 0 Å². The van der Waals surface area contributed by atoms with Crippen LogP contribution in [0.3, 0.4) is 0 Å². The van der Waals surface area contributed by atoms with E-state index in [-0.39, 0.29) is 6.04 Å². The first kappa shape index (κ1) is 13.8. The molecule has 1 aromatic heterocycles. The van der Waals surface area contributed by atoms with Gasteiger partial charge < -0.3 is 4.74 Å². The fraction of sp³-hybridized carbons (Fsp3) is 0.750. The molecule has 1 aliphatic rings. The molecule has 1 fully saturated rings. The van der Waals surface area contributed by atoms with Crippen LogP contribution >= 0.6 is 11.6 Å². The highest BCUT2D eigenvalue weighted by atomic mass is 35.5. The van der Waals surface area contributed by atoms with Crippen molar-refractivity contribution in [1.82, 2.24) is 15.2 Å². The summed E-state index contributed by atoms with van der Waals surface area (Å²) in [5.74, 6) is 6.11. The Morgan fingerprint density at radius 3 is 2.94 bits per heavy atom. The van der Waals surface area contributed by atoms with E-state index in [2.05, 4.69) is 17.4 Å². The summed E-state index contributed by atoms with van der Waals surface area (Å²) in [4.78, 5) is 0. The quantitative estimate of drug-likeness (QED) is 0.621. The second-order valence-corrected chi connectivity index (χ2v) is 5.16. The molecule has 0 saturated carbocycles. The van der Waals surface area contributed by atoms with Crippen molar-refractivity contribution in [1.29, 1.82) is 0 Å². The van der Waals surface area contributed by atoms with Crippen LogP contribution in [0.15, 0.2) is 0 Å². The summed E-state index contributed by atoms with van der Waals surface area (Å²) >= 11 is 6.35. The van der Waals surface area contributed by atoms with Gasteiger partial charge in [0.05, 0.1) is 23.0 Å². The van der Waals surface area contributed by atoms with Crippen molar-refractivity contribution in [2.24, 2.45) is 18.8 Å². The third-order valence-electron chi connectivity index (χ3n) is 3.66. The lowest BCUT2D eigenvalue weighted by atomic mass is 9.95. The first-order valence-electron chi connectivity index (χ1n) is 6.41. The Morgan fingerprint density at radius 1 is 1.67 bits per heavy atom. The van der Waals surface area contributed by atoms with Crippen molar-refractivity contribution < 1.29 is 4.74 Å².